The average molecular weight is 363 g/mol. The van der Waals surface area contributed by atoms with Crippen LogP contribution < -0.4 is 4.90 Å². The van der Waals surface area contributed by atoms with E-state index in [9.17, 15) is 14.0 Å². The third kappa shape index (κ3) is 3.11. The van der Waals surface area contributed by atoms with Crippen LogP contribution in [0.25, 0.3) is 5.69 Å². The number of aromatic nitrogens is 4. The number of ether oxygens (including phenoxy) is 3. The van der Waals surface area contributed by atoms with E-state index in [1.165, 1.54) is 41.2 Å². The molecule has 136 valence electrons. The smallest absolute Gasteiger partial charge is 0.355 e. The molecule has 2 heterocycles. The molecule has 1 aliphatic heterocycles. The molecule has 0 spiro atoms. The highest BCUT2D eigenvalue weighted by Gasteiger charge is 2.33. The third-order valence-electron chi connectivity index (χ3n) is 3.67. The first-order chi connectivity index (χ1) is 12.6. The van der Waals surface area contributed by atoms with Crippen molar-refractivity contribution in [1.82, 2.24) is 20.2 Å². The Hall–Kier alpha value is -3.34. The van der Waals surface area contributed by atoms with E-state index in [1.54, 1.807) is 0 Å². The number of esters is 2. The van der Waals surface area contributed by atoms with Crippen molar-refractivity contribution in [3.05, 3.63) is 41.6 Å². The van der Waals surface area contributed by atoms with Crippen LogP contribution in [0.15, 0.2) is 35.8 Å². The summed E-state index contributed by atoms with van der Waals surface area (Å²) in [5.74, 6) is -2.23. The summed E-state index contributed by atoms with van der Waals surface area (Å²) in [7, 11) is 2.33. The summed E-state index contributed by atoms with van der Waals surface area (Å²) in [6.07, 6.45) is 1.33. The van der Waals surface area contributed by atoms with E-state index in [2.05, 4.69) is 20.3 Å². The number of carbonyl (C=O) groups is 2. The zero-order valence-electron chi connectivity index (χ0n) is 13.9. The number of anilines is 1. The molecule has 10 nitrogen and oxygen atoms in total. The number of nitrogens with zero attached hydrogens (tertiary/aromatic N) is 5. The maximum Gasteiger partial charge on any atom is 0.355 e. The van der Waals surface area contributed by atoms with Crippen molar-refractivity contribution < 1.29 is 28.2 Å². The van der Waals surface area contributed by atoms with Crippen LogP contribution in [-0.2, 0) is 23.8 Å². The highest BCUT2D eigenvalue weighted by atomic mass is 19.1. The molecule has 0 unspecified atom stereocenters. The first-order valence-electron chi connectivity index (χ1n) is 7.34. The molecule has 1 aromatic heterocycles. The summed E-state index contributed by atoms with van der Waals surface area (Å²) in [5.41, 5.74) is 0.205. The van der Waals surface area contributed by atoms with Crippen LogP contribution >= 0.6 is 0 Å². The maximum absolute atomic E-state index is 14.5. The average Bonchev–Trinajstić information content (AvgIpc) is 3.21. The van der Waals surface area contributed by atoms with Crippen LogP contribution in [0.2, 0.25) is 0 Å². The fourth-order valence-corrected chi connectivity index (χ4v) is 2.46. The van der Waals surface area contributed by atoms with Gasteiger partial charge in [-0.2, -0.15) is 0 Å². The van der Waals surface area contributed by atoms with Crippen molar-refractivity contribution >= 4 is 17.6 Å². The Morgan fingerprint density at radius 3 is 2.65 bits per heavy atom. The van der Waals surface area contributed by atoms with Gasteiger partial charge in [0.1, 0.15) is 24.6 Å². The van der Waals surface area contributed by atoms with Crippen LogP contribution in [0.3, 0.4) is 0 Å². The van der Waals surface area contributed by atoms with E-state index in [0.29, 0.717) is 5.69 Å². The minimum Gasteiger partial charge on any atom is -0.466 e. The van der Waals surface area contributed by atoms with Gasteiger partial charge < -0.3 is 19.1 Å². The lowest BCUT2D eigenvalue weighted by Gasteiger charge is -2.31. The molecule has 3 rings (SSSR count). The van der Waals surface area contributed by atoms with Gasteiger partial charge in [0.05, 0.1) is 37.8 Å². The molecule has 0 radical (unpaired) electrons. The minimum atomic E-state index is -0.819. The number of halogens is 1. The largest absolute Gasteiger partial charge is 0.466 e. The molecule has 0 aliphatic carbocycles. The second-order valence-corrected chi connectivity index (χ2v) is 5.11. The minimum absolute atomic E-state index is 0.0143. The number of hydrogen-bond donors (Lipinski definition) is 0. The molecule has 0 N–H and O–H groups in total. The molecule has 1 aromatic carbocycles. The van der Waals surface area contributed by atoms with Gasteiger partial charge in [-0.15, -0.1) is 5.10 Å². The summed E-state index contributed by atoms with van der Waals surface area (Å²) in [6, 6.07) is 4.06. The lowest BCUT2D eigenvalue weighted by molar-refractivity contribution is -0.140. The van der Waals surface area contributed by atoms with E-state index in [-0.39, 0.29) is 30.3 Å². The van der Waals surface area contributed by atoms with Gasteiger partial charge in [0.25, 0.3) is 0 Å². The molecular formula is C15H14FN5O5. The van der Waals surface area contributed by atoms with E-state index in [1.807, 2.05) is 0 Å². The number of tetrazole rings is 1. The Morgan fingerprint density at radius 2 is 2.00 bits per heavy atom. The quantitative estimate of drug-likeness (QED) is 0.704. The van der Waals surface area contributed by atoms with Crippen LogP contribution in [-0.4, -0.2) is 59.7 Å². The van der Waals surface area contributed by atoms with Gasteiger partial charge >= 0.3 is 11.9 Å². The molecule has 26 heavy (non-hydrogen) atoms. The molecule has 0 atom stereocenters. The predicted octanol–water partition coefficient (Wildman–Crippen LogP) is 0.196. The van der Waals surface area contributed by atoms with Gasteiger partial charge in [0.2, 0.25) is 0 Å². The molecule has 11 heteroatoms. The van der Waals surface area contributed by atoms with Crippen LogP contribution in [0.1, 0.15) is 0 Å². The monoisotopic (exact) mass is 363 g/mol. The van der Waals surface area contributed by atoms with Crippen LogP contribution in [0.4, 0.5) is 10.1 Å². The number of carbonyl (C=O) groups excluding carboxylic acids is 2. The van der Waals surface area contributed by atoms with Gasteiger partial charge in [0, 0.05) is 0 Å². The molecule has 0 saturated heterocycles. The highest BCUT2D eigenvalue weighted by molar-refractivity contribution is 6.03. The lowest BCUT2D eigenvalue weighted by atomic mass is 10.1. The first kappa shape index (κ1) is 17.5. The fraction of sp³-hybridized carbons (Fsp3) is 0.267. The number of hydrogen-bond acceptors (Lipinski definition) is 9. The zero-order chi connectivity index (χ0) is 18.7. The van der Waals surface area contributed by atoms with Gasteiger partial charge in [-0.1, -0.05) is 0 Å². The summed E-state index contributed by atoms with van der Waals surface area (Å²) in [5, 5.41) is 10.8. The molecule has 0 bridgehead atoms. The summed E-state index contributed by atoms with van der Waals surface area (Å²) >= 11 is 0. The molecule has 0 saturated carbocycles. The van der Waals surface area contributed by atoms with E-state index in [4.69, 9.17) is 9.47 Å². The van der Waals surface area contributed by atoms with Gasteiger partial charge in [-0.05, 0) is 28.6 Å². The van der Waals surface area contributed by atoms with Crippen LogP contribution in [0.5, 0.6) is 0 Å². The Morgan fingerprint density at radius 1 is 1.23 bits per heavy atom. The number of benzene rings is 1. The van der Waals surface area contributed by atoms with Crippen molar-refractivity contribution in [2.75, 3.05) is 32.5 Å². The molecule has 2 aromatic rings. The SMILES string of the molecule is COC(=O)C1=C(C(=O)OC)N(c2cc(-n3cnnn3)ccc2F)COC1. The first-order valence-corrected chi connectivity index (χ1v) is 7.34. The van der Waals surface area contributed by atoms with Gasteiger partial charge in [-0.3, -0.25) is 0 Å². The Labute approximate surface area is 146 Å². The molecular weight excluding hydrogens is 349 g/mol. The van der Waals surface area contributed by atoms with Crippen molar-refractivity contribution in [2.24, 2.45) is 0 Å². The second-order valence-electron chi connectivity index (χ2n) is 5.11. The third-order valence-corrected chi connectivity index (χ3v) is 3.67. The van der Waals surface area contributed by atoms with Crippen molar-refractivity contribution in [1.29, 1.82) is 0 Å². The highest BCUT2D eigenvalue weighted by Crippen LogP contribution is 2.30. The molecule has 1 aliphatic rings. The summed E-state index contributed by atoms with van der Waals surface area (Å²) in [4.78, 5) is 25.5. The van der Waals surface area contributed by atoms with E-state index < -0.39 is 17.8 Å². The normalized spacial score (nSPS) is 14.3. The zero-order valence-corrected chi connectivity index (χ0v) is 13.9. The fourth-order valence-electron chi connectivity index (χ4n) is 2.46. The van der Waals surface area contributed by atoms with Crippen molar-refractivity contribution in [3.8, 4) is 5.69 Å². The van der Waals surface area contributed by atoms with Gasteiger partial charge in [-0.25, -0.2) is 18.7 Å². The number of rotatable bonds is 4. The van der Waals surface area contributed by atoms with Gasteiger partial charge in [0.15, 0.2) is 0 Å². The lowest BCUT2D eigenvalue weighted by Crippen LogP contribution is -2.39. The summed E-state index contributed by atoms with van der Waals surface area (Å²) < 4.78 is 30.6. The summed E-state index contributed by atoms with van der Waals surface area (Å²) in [6.45, 7) is -0.331. The topological polar surface area (TPSA) is 109 Å². The molecule has 0 fully saturated rings. The van der Waals surface area contributed by atoms with E-state index >= 15 is 0 Å². The van der Waals surface area contributed by atoms with Crippen molar-refractivity contribution in [3.63, 3.8) is 0 Å². The standard InChI is InChI=1S/C15H14FN5O5/c1-24-14(22)10-6-26-8-20(13(10)15(23)25-2)12-5-9(3-4-11(12)16)21-7-17-18-19-21/h3-5,7H,6,8H2,1-2H3. The predicted molar refractivity (Wildman–Crippen MR) is 83.5 cm³/mol. The van der Waals surface area contributed by atoms with E-state index in [0.717, 1.165) is 7.11 Å². The second kappa shape index (κ2) is 7.27. The Balaban J connectivity index is 2.13. The number of methoxy groups -OCH3 is 2. The van der Waals surface area contributed by atoms with Crippen molar-refractivity contribution in [2.45, 2.75) is 0 Å². The van der Waals surface area contributed by atoms with Crippen LogP contribution in [0, 0.1) is 5.82 Å². The molecule has 0 amide bonds. The maximum atomic E-state index is 14.5. The Kier molecular flexibility index (Phi) is 4.89. The Bertz CT molecular complexity index is 867.